The van der Waals surface area contributed by atoms with Crippen LogP contribution in [0, 0.1) is 0 Å². The van der Waals surface area contributed by atoms with Gasteiger partial charge in [-0.1, -0.05) is 104 Å². The monoisotopic (exact) mass is 379 g/mol. The van der Waals surface area contributed by atoms with E-state index < -0.39 is 19.2 Å². The van der Waals surface area contributed by atoms with Crippen molar-refractivity contribution < 1.29 is 19.1 Å². The summed E-state index contributed by atoms with van der Waals surface area (Å²) in [7, 11) is -4.39. The van der Waals surface area contributed by atoms with E-state index in [0.717, 1.165) is 19.3 Å². The van der Waals surface area contributed by atoms with E-state index in [1.54, 1.807) is 0 Å². The summed E-state index contributed by atoms with van der Waals surface area (Å²) in [4.78, 5) is 29.2. The predicted octanol–water partition coefficient (Wildman–Crippen LogP) is 5.53. The zero-order valence-corrected chi connectivity index (χ0v) is 16.3. The smallest absolute Gasteiger partial charge is 0.337 e. The number of carbonyl (C=O) groups excluding carboxylic acids is 1. The maximum absolute atomic E-state index is 11.1. The summed E-state index contributed by atoms with van der Waals surface area (Å²) in [5, 5.41) is 0. The molecule has 0 aliphatic rings. The van der Waals surface area contributed by atoms with Crippen molar-refractivity contribution in [3.05, 3.63) is 0 Å². The molecule has 1 amide bonds. The van der Waals surface area contributed by atoms with Crippen molar-refractivity contribution >= 4 is 13.5 Å². The summed E-state index contributed by atoms with van der Waals surface area (Å²) in [5.74, 6) is -0.891. The van der Waals surface area contributed by atoms with Gasteiger partial charge in [0.05, 0.1) is 0 Å². The van der Waals surface area contributed by atoms with Crippen LogP contribution in [0.3, 0.4) is 0 Å². The lowest BCUT2D eigenvalue weighted by atomic mass is 10.0. The van der Waals surface area contributed by atoms with Crippen LogP contribution in [0.2, 0.25) is 0 Å². The second kappa shape index (κ2) is 17.1. The summed E-state index contributed by atoms with van der Waals surface area (Å²) in [5.41, 5.74) is 3.74. The molecule has 5 nitrogen and oxygen atoms in total. The molecule has 0 aromatic carbocycles. The molecule has 0 heterocycles. The molecule has 1 atom stereocenters. The minimum absolute atomic E-state index is 0. The average molecular weight is 380 g/mol. The third-order valence-corrected chi connectivity index (χ3v) is 5.89. The highest BCUT2D eigenvalue weighted by molar-refractivity contribution is 7.53. The Bertz CT molecular complexity index is 357. The molecule has 4 N–H and O–H groups in total. The molecule has 0 fully saturated rings. The van der Waals surface area contributed by atoms with E-state index in [2.05, 4.69) is 6.92 Å². The first-order valence-electron chi connectivity index (χ1n) is 9.74. The van der Waals surface area contributed by atoms with Crippen LogP contribution in [0.15, 0.2) is 0 Å². The summed E-state index contributed by atoms with van der Waals surface area (Å²) in [6, 6.07) is 0. The van der Waals surface area contributed by atoms with Crippen LogP contribution in [-0.4, -0.2) is 21.4 Å². The zero-order valence-electron chi connectivity index (χ0n) is 15.4. The highest BCUT2D eigenvalue weighted by Crippen LogP contribution is 2.43. The van der Waals surface area contributed by atoms with Gasteiger partial charge in [0.25, 0.3) is 0 Å². The Morgan fingerprint density at radius 1 is 0.800 bits per heavy atom. The van der Waals surface area contributed by atoms with Gasteiger partial charge in [-0.3, -0.25) is 9.36 Å². The molecule has 0 saturated carbocycles. The van der Waals surface area contributed by atoms with E-state index in [1.165, 1.54) is 64.2 Å². The molecular formula is C19H42NO4P. The first kappa shape index (κ1) is 26.8. The number of rotatable bonds is 17. The van der Waals surface area contributed by atoms with E-state index in [-0.39, 0.29) is 13.8 Å². The van der Waals surface area contributed by atoms with Crippen LogP contribution in [0.25, 0.3) is 0 Å². The Labute approximate surface area is 155 Å². The summed E-state index contributed by atoms with van der Waals surface area (Å²) < 4.78 is 11.1. The van der Waals surface area contributed by atoms with Crippen molar-refractivity contribution in [2.24, 2.45) is 5.73 Å². The Kier molecular flexibility index (Phi) is 18.3. The van der Waals surface area contributed by atoms with Crippen molar-refractivity contribution in [2.75, 3.05) is 0 Å². The largest absolute Gasteiger partial charge is 0.369 e. The number of hydrogen-bond donors (Lipinski definition) is 3. The van der Waals surface area contributed by atoms with Crippen molar-refractivity contribution in [3.63, 3.8) is 0 Å². The fourth-order valence-electron chi connectivity index (χ4n) is 3.01. The fraction of sp³-hybridized carbons (Fsp3) is 0.947. The van der Waals surface area contributed by atoms with Gasteiger partial charge in [0.2, 0.25) is 5.91 Å². The zero-order chi connectivity index (χ0) is 18.3. The number of unbranched alkanes of at least 4 members (excludes halogenated alkanes) is 13. The van der Waals surface area contributed by atoms with Crippen LogP contribution in [-0.2, 0) is 9.36 Å². The SMILES string of the molecule is C.CCCCCCCCCCCCCCCCC(C(N)=O)P(=O)(O)O. The maximum Gasteiger partial charge on any atom is 0.337 e. The molecule has 0 saturated heterocycles. The summed E-state index contributed by atoms with van der Waals surface area (Å²) in [6.45, 7) is 2.24. The Balaban J connectivity index is 0. The van der Waals surface area contributed by atoms with Crippen molar-refractivity contribution in [1.82, 2.24) is 0 Å². The predicted molar refractivity (Wildman–Crippen MR) is 107 cm³/mol. The van der Waals surface area contributed by atoms with Gasteiger partial charge < -0.3 is 15.5 Å². The summed E-state index contributed by atoms with van der Waals surface area (Å²) >= 11 is 0. The highest BCUT2D eigenvalue weighted by Gasteiger charge is 2.33. The van der Waals surface area contributed by atoms with Crippen LogP contribution in [0.4, 0.5) is 0 Å². The first-order valence-corrected chi connectivity index (χ1v) is 11.4. The quantitative estimate of drug-likeness (QED) is 0.228. The molecule has 152 valence electrons. The van der Waals surface area contributed by atoms with Crippen molar-refractivity contribution in [2.45, 2.75) is 116 Å². The van der Waals surface area contributed by atoms with Crippen molar-refractivity contribution in [3.8, 4) is 0 Å². The Hall–Kier alpha value is -0.380. The van der Waals surface area contributed by atoms with E-state index in [9.17, 15) is 9.36 Å². The van der Waals surface area contributed by atoms with Gasteiger partial charge in [0.15, 0.2) is 0 Å². The fourth-order valence-corrected chi connectivity index (χ4v) is 3.86. The average Bonchev–Trinajstić information content (AvgIpc) is 2.49. The normalized spacial score (nSPS) is 12.6. The van der Waals surface area contributed by atoms with Crippen LogP contribution >= 0.6 is 7.60 Å². The third-order valence-electron chi connectivity index (χ3n) is 4.57. The Morgan fingerprint density at radius 3 is 1.40 bits per heavy atom. The number of carbonyl (C=O) groups is 1. The standard InChI is InChI=1S/C18H38NO4P.CH4/c1-2-3-4-5-6-7-8-9-10-11-12-13-14-15-16-17(18(19)20)24(21,22)23;/h17H,2-16H2,1H3,(H2,19,20)(H2,21,22,23);1H4. The Morgan fingerprint density at radius 2 is 1.12 bits per heavy atom. The van der Waals surface area contributed by atoms with Crippen molar-refractivity contribution in [1.29, 1.82) is 0 Å². The van der Waals surface area contributed by atoms with Gasteiger partial charge in [-0.25, -0.2) is 0 Å². The van der Waals surface area contributed by atoms with Gasteiger partial charge in [0, 0.05) is 0 Å². The minimum Gasteiger partial charge on any atom is -0.369 e. The summed E-state index contributed by atoms with van der Waals surface area (Å²) in [6.07, 6.45) is 17.3. The van der Waals surface area contributed by atoms with E-state index in [0.29, 0.717) is 6.42 Å². The lowest BCUT2D eigenvalue weighted by Gasteiger charge is -2.14. The molecule has 1 unspecified atom stereocenters. The molecular weight excluding hydrogens is 337 g/mol. The van der Waals surface area contributed by atoms with Gasteiger partial charge in [-0.15, -0.1) is 0 Å². The lowest BCUT2D eigenvalue weighted by Crippen LogP contribution is -2.28. The first-order chi connectivity index (χ1) is 11.4. The van der Waals surface area contributed by atoms with Gasteiger partial charge in [-0.05, 0) is 6.42 Å². The van der Waals surface area contributed by atoms with E-state index >= 15 is 0 Å². The highest BCUT2D eigenvalue weighted by atomic mass is 31.2. The van der Waals surface area contributed by atoms with Crippen LogP contribution in [0.1, 0.15) is 111 Å². The number of primary amides is 1. The molecule has 0 spiro atoms. The van der Waals surface area contributed by atoms with Crippen LogP contribution in [0.5, 0.6) is 0 Å². The van der Waals surface area contributed by atoms with Gasteiger partial charge in [-0.2, -0.15) is 0 Å². The maximum atomic E-state index is 11.1. The number of hydrogen-bond acceptors (Lipinski definition) is 2. The molecule has 0 aromatic rings. The number of nitrogens with two attached hydrogens (primary N) is 1. The molecule has 25 heavy (non-hydrogen) atoms. The second-order valence-electron chi connectivity index (χ2n) is 6.89. The van der Waals surface area contributed by atoms with E-state index in [1.807, 2.05) is 0 Å². The second-order valence-corrected chi connectivity index (χ2v) is 8.69. The molecule has 0 aromatic heterocycles. The molecule has 6 heteroatoms. The van der Waals surface area contributed by atoms with Gasteiger partial charge >= 0.3 is 7.60 Å². The topological polar surface area (TPSA) is 101 Å². The van der Waals surface area contributed by atoms with E-state index in [4.69, 9.17) is 15.5 Å². The van der Waals surface area contributed by atoms with Crippen LogP contribution < -0.4 is 5.73 Å². The number of amides is 1. The molecule has 0 radical (unpaired) electrons. The molecule has 0 aliphatic heterocycles. The minimum atomic E-state index is -4.39. The molecule has 0 rings (SSSR count). The van der Waals surface area contributed by atoms with Gasteiger partial charge in [0.1, 0.15) is 5.66 Å². The molecule has 0 aliphatic carbocycles. The molecule has 0 bridgehead atoms. The third kappa shape index (κ3) is 16.8. The lowest BCUT2D eigenvalue weighted by molar-refractivity contribution is -0.118.